The van der Waals surface area contributed by atoms with Crippen LogP contribution in [0.1, 0.15) is 39.2 Å². The summed E-state index contributed by atoms with van der Waals surface area (Å²) in [5.41, 5.74) is 1.39. The molecular weight excluding hydrogens is 272 g/mol. The summed E-state index contributed by atoms with van der Waals surface area (Å²) in [5, 5.41) is 13.7. The monoisotopic (exact) mass is 304 g/mol. The first-order valence-corrected chi connectivity index (χ1v) is 8.63. The first-order valence-electron chi connectivity index (χ1n) is 8.63. The number of benzene rings is 1. The number of hydrogen-bond acceptors (Lipinski definition) is 3. The number of nitrogens with one attached hydrogen (secondary N) is 1. The summed E-state index contributed by atoms with van der Waals surface area (Å²) in [5.74, 6) is 0. The zero-order valence-corrected chi connectivity index (χ0v) is 14.4. The molecule has 0 aliphatic carbocycles. The highest BCUT2D eigenvalue weighted by atomic mass is 16.3. The second kappa shape index (κ2) is 8.09. The molecule has 1 fully saturated rings. The molecular formula is C19H32N2O. The third kappa shape index (κ3) is 5.71. The van der Waals surface area contributed by atoms with E-state index in [9.17, 15) is 5.11 Å². The molecule has 1 aliphatic heterocycles. The van der Waals surface area contributed by atoms with Crippen molar-refractivity contribution in [2.24, 2.45) is 5.41 Å². The van der Waals surface area contributed by atoms with Gasteiger partial charge in [0.25, 0.3) is 0 Å². The largest absolute Gasteiger partial charge is 0.391 e. The predicted molar refractivity (Wildman–Crippen MR) is 93.1 cm³/mol. The predicted octanol–water partition coefficient (Wildman–Crippen LogP) is 2.69. The molecule has 3 heteroatoms. The molecule has 0 spiro atoms. The van der Waals surface area contributed by atoms with Crippen LogP contribution in [-0.2, 0) is 6.42 Å². The Kier molecular flexibility index (Phi) is 6.42. The number of piperidine rings is 1. The summed E-state index contributed by atoms with van der Waals surface area (Å²) in [7, 11) is 0. The molecule has 1 saturated heterocycles. The molecule has 1 unspecified atom stereocenters. The lowest BCUT2D eigenvalue weighted by molar-refractivity contribution is 0.0573. The van der Waals surface area contributed by atoms with Crippen molar-refractivity contribution in [1.82, 2.24) is 10.2 Å². The van der Waals surface area contributed by atoms with E-state index < -0.39 is 0 Å². The lowest BCUT2D eigenvalue weighted by atomic mass is 9.89. The van der Waals surface area contributed by atoms with Gasteiger partial charge in [0.2, 0.25) is 0 Å². The normalized spacial score (nSPS) is 19.3. The summed E-state index contributed by atoms with van der Waals surface area (Å²) in [6.45, 7) is 10.5. The minimum Gasteiger partial charge on any atom is -0.391 e. The Bertz CT molecular complexity index is 419. The van der Waals surface area contributed by atoms with Crippen LogP contribution in [0.15, 0.2) is 30.3 Å². The van der Waals surface area contributed by atoms with Crippen molar-refractivity contribution in [2.45, 2.75) is 52.2 Å². The van der Waals surface area contributed by atoms with Gasteiger partial charge in [-0.25, -0.2) is 0 Å². The van der Waals surface area contributed by atoms with Gasteiger partial charge in [-0.3, -0.25) is 0 Å². The highest BCUT2D eigenvalue weighted by Gasteiger charge is 2.24. The molecule has 22 heavy (non-hydrogen) atoms. The molecule has 1 aromatic rings. The van der Waals surface area contributed by atoms with E-state index in [1.54, 1.807) is 0 Å². The highest BCUT2D eigenvalue weighted by Crippen LogP contribution is 2.19. The van der Waals surface area contributed by atoms with Crippen molar-refractivity contribution in [2.75, 3.05) is 26.2 Å². The lowest BCUT2D eigenvalue weighted by Gasteiger charge is -2.34. The maximum Gasteiger partial charge on any atom is 0.0712 e. The zero-order valence-electron chi connectivity index (χ0n) is 14.4. The molecule has 0 aromatic heterocycles. The Morgan fingerprint density at radius 1 is 1.18 bits per heavy atom. The fraction of sp³-hybridized carbons (Fsp3) is 0.684. The van der Waals surface area contributed by atoms with Crippen LogP contribution in [0.5, 0.6) is 0 Å². The van der Waals surface area contributed by atoms with Crippen molar-refractivity contribution in [1.29, 1.82) is 0 Å². The topological polar surface area (TPSA) is 35.5 Å². The first kappa shape index (κ1) is 17.5. The number of hydrogen-bond donors (Lipinski definition) is 2. The second-order valence-electron chi connectivity index (χ2n) is 7.64. The summed E-state index contributed by atoms with van der Waals surface area (Å²) < 4.78 is 0. The number of likely N-dealkylation sites (tertiary alicyclic amines) is 1. The molecule has 124 valence electrons. The Balaban J connectivity index is 1.63. The number of aliphatic hydroxyl groups is 1. The van der Waals surface area contributed by atoms with E-state index >= 15 is 0 Å². The Hall–Kier alpha value is -0.900. The van der Waals surface area contributed by atoms with Crippen molar-refractivity contribution in [3.05, 3.63) is 35.9 Å². The molecule has 0 radical (unpaired) electrons. The van der Waals surface area contributed by atoms with Gasteiger partial charge in [0.15, 0.2) is 0 Å². The lowest BCUT2D eigenvalue weighted by Crippen LogP contribution is -2.46. The fourth-order valence-corrected chi connectivity index (χ4v) is 2.88. The molecule has 2 N–H and O–H groups in total. The number of rotatable bonds is 6. The molecule has 0 saturated carbocycles. The van der Waals surface area contributed by atoms with E-state index in [0.717, 1.165) is 26.1 Å². The van der Waals surface area contributed by atoms with Crippen LogP contribution in [0.25, 0.3) is 0 Å². The van der Waals surface area contributed by atoms with Gasteiger partial charge >= 0.3 is 0 Å². The van der Waals surface area contributed by atoms with Gasteiger partial charge in [-0.1, -0.05) is 51.1 Å². The molecule has 1 aliphatic rings. The Morgan fingerprint density at radius 3 is 2.41 bits per heavy atom. The number of aliphatic hydroxyl groups excluding tert-OH is 1. The summed E-state index contributed by atoms with van der Waals surface area (Å²) in [4.78, 5) is 2.56. The third-order valence-electron chi connectivity index (χ3n) is 4.75. The van der Waals surface area contributed by atoms with Crippen molar-refractivity contribution >= 4 is 0 Å². The van der Waals surface area contributed by atoms with Gasteiger partial charge in [-0.2, -0.15) is 0 Å². The van der Waals surface area contributed by atoms with E-state index in [1.165, 1.54) is 18.4 Å². The first-order chi connectivity index (χ1) is 10.4. The van der Waals surface area contributed by atoms with Crippen LogP contribution in [-0.4, -0.2) is 48.3 Å². The van der Waals surface area contributed by atoms with E-state index in [1.807, 2.05) is 0 Å². The zero-order chi connectivity index (χ0) is 16.0. The molecule has 2 rings (SSSR count). The quantitative estimate of drug-likeness (QED) is 0.848. The van der Waals surface area contributed by atoms with Crippen LogP contribution >= 0.6 is 0 Å². The molecule has 0 amide bonds. The van der Waals surface area contributed by atoms with Gasteiger partial charge < -0.3 is 15.3 Å². The van der Waals surface area contributed by atoms with Gasteiger partial charge in [0.1, 0.15) is 0 Å². The van der Waals surface area contributed by atoms with Gasteiger partial charge in [-0.15, -0.1) is 0 Å². The molecule has 0 bridgehead atoms. The summed E-state index contributed by atoms with van der Waals surface area (Å²) >= 11 is 0. The van der Waals surface area contributed by atoms with Crippen LogP contribution in [0, 0.1) is 5.41 Å². The van der Waals surface area contributed by atoms with Crippen molar-refractivity contribution in [3.63, 3.8) is 0 Å². The molecule has 1 atom stereocenters. The standard InChI is InChI=1S/C19H32N2O/c1-19(2,3)18(22)15-20-17-10-13-21(14-11-17)12-9-16-7-5-4-6-8-16/h4-8,17-18,20,22H,9-15H2,1-3H3. The Labute approximate surface area is 135 Å². The SMILES string of the molecule is CC(C)(C)C(O)CNC1CCN(CCc2ccccc2)CC1. The average molecular weight is 304 g/mol. The van der Waals surface area contributed by atoms with Gasteiger partial charge in [0.05, 0.1) is 6.10 Å². The third-order valence-corrected chi connectivity index (χ3v) is 4.75. The highest BCUT2D eigenvalue weighted by molar-refractivity contribution is 5.14. The molecule has 1 aromatic carbocycles. The van der Waals surface area contributed by atoms with E-state index in [4.69, 9.17) is 0 Å². The van der Waals surface area contributed by atoms with Crippen LogP contribution < -0.4 is 5.32 Å². The molecule has 1 heterocycles. The van der Waals surface area contributed by atoms with Gasteiger partial charge in [-0.05, 0) is 43.3 Å². The van der Waals surface area contributed by atoms with E-state index in [2.05, 4.69) is 61.3 Å². The minimum atomic E-state index is -0.274. The smallest absolute Gasteiger partial charge is 0.0712 e. The Morgan fingerprint density at radius 2 is 1.82 bits per heavy atom. The van der Waals surface area contributed by atoms with Crippen LogP contribution in [0.4, 0.5) is 0 Å². The number of nitrogens with zero attached hydrogens (tertiary/aromatic N) is 1. The summed E-state index contributed by atoms with van der Waals surface area (Å²) in [6.07, 6.45) is 3.24. The minimum absolute atomic E-state index is 0.0383. The second-order valence-corrected chi connectivity index (χ2v) is 7.64. The average Bonchev–Trinajstić information content (AvgIpc) is 2.51. The summed E-state index contributed by atoms with van der Waals surface area (Å²) in [6, 6.07) is 11.3. The maximum absolute atomic E-state index is 10.1. The maximum atomic E-state index is 10.1. The van der Waals surface area contributed by atoms with Crippen molar-refractivity contribution < 1.29 is 5.11 Å². The fourth-order valence-electron chi connectivity index (χ4n) is 2.88. The van der Waals surface area contributed by atoms with Crippen molar-refractivity contribution in [3.8, 4) is 0 Å². The van der Waals surface area contributed by atoms with Crippen LogP contribution in [0.2, 0.25) is 0 Å². The van der Waals surface area contributed by atoms with Crippen LogP contribution in [0.3, 0.4) is 0 Å². The van der Waals surface area contributed by atoms with E-state index in [-0.39, 0.29) is 11.5 Å². The van der Waals surface area contributed by atoms with Gasteiger partial charge in [0, 0.05) is 19.1 Å². The molecule has 3 nitrogen and oxygen atoms in total. The van der Waals surface area contributed by atoms with E-state index in [0.29, 0.717) is 12.6 Å².